The first-order valence-corrected chi connectivity index (χ1v) is 5.21. The van der Waals surface area contributed by atoms with E-state index in [2.05, 4.69) is 0 Å². The van der Waals surface area contributed by atoms with Gasteiger partial charge in [-0.05, 0) is 31.5 Å². The van der Waals surface area contributed by atoms with Gasteiger partial charge in [0, 0.05) is 16.7 Å². The van der Waals surface area contributed by atoms with Crippen LogP contribution in [-0.4, -0.2) is 11.8 Å². The van der Waals surface area contributed by atoms with Crippen molar-refractivity contribution < 1.29 is 9.59 Å². The van der Waals surface area contributed by atoms with Gasteiger partial charge in [0.25, 0.3) is 11.8 Å². The molecule has 1 aromatic carbocycles. The molecular weight excluding hydrogens is 226 g/mol. The molecule has 0 atom stereocenters. The monoisotopic (exact) mass is 235 g/mol. The van der Waals surface area contributed by atoms with Crippen molar-refractivity contribution in [2.75, 3.05) is 4.90 Å². The van der Waals surface area contributed by atoms with E-state index in [9.17, 15) is 9.59 Å². The molecule has 0 unspecified atom stereocenters. The highest BCUT2D eigenvalue weighted by Gasteiger charge is 2.30. The summed E-state index contributed by atoms with van der Waals surface area (Å²) in [5.74, 6) is -0.594. The third kappa shape index (κ3) is 1.63. The van der Waals surface area contributed by atoms with Gasteiger partial charge in [0.2, 0.25) is 0 Å². The van der Waals surface area contributed by atoms with E-state index in [1.807, 2.05) is 6.92 Å². The van der Waals surface area contributed by atoms with Gasteiger partial charge in [-0.1, -0.05) is 17.7 Å². The highest BCUT2D eigenvalue weighted by Crippen LogP contribution is 2.28. The number of carbonyl (C=O) groups is 2. The average molecular weight is 236 g/mol. The van der Waals surface area contributed by atoms with Crippen LogP contribution in [0, 0.1) is 6.92 Å². The van der Waals surface area contributed by atoms with E-state index < -0.39 is 0 Å². The zero-order valence-corrected chi connectivity index (χ0v) is 9.71. The number of anilines is 1. The van der Waals surface area contributed by atoms with Gasteiger partial charge in [-0.3, -0.25) is 9.59 Å². The molecule has 2 rings (SSSR count). The van der Waals surface area contributed by atoms with Crippen LogP contribution in [0.4, 0.5) is 5.69 Å². The molecule has 16 heavy (non-hydrogen) atoms. The number of carbonyl (C=O) groups excluding carboxylic acids is 2. The lowest BCUT2D eigenvalue weighted by atomic mass is 10.2. The Bertz CT molecular complexity index is 520. The Balaban J connectivity index is 2.50. The maximum absolute atomic E-state index is 11.8. The van der Waals surface area contributed by atoms with Crippen molar-refractivity contribution in [3.63, 3.8) is 0 Å². The Morgan fingerprint density at radius 3 is 2.44 bits per heavy atom. The Hall–Kier alpha value is -1.61. The SMILES string of the molecule is CC1=CC(=O)N(c2cc(Cl)ccc2C)C1=O. The molecule has 0 N–H and O–H groups in total. The maximum atomic E-state index is 11.8. The quantitative estimate of drug-likeness (QED) is 0.702. The van der Waals surface area contributed by atoms with Crippen molar-refractivity contribution >= 4 is 29.1 Å². The molecule has 0 radical (unpaired) electrons. The fraction of sp³-hybridized carbons (Fsp3) is 0.167. The molecule has 0 spiro atoms. The summed E-state index contributed by atoms with van der Waals surface area (Å²) in [4.78, 5) is 24.6. The lowest BCUT2D eigenvalue weighted by molar-refractivity contribution is -0.120. The highest BCUT2D eigenvalue weighted by atomic mass is 35.5. The molecule has 0 saturated carbocycles. The van der Waals surface area contributed by atoms with Crippen LogP contribution in [0.2, 0.25) is 5.02 Å². The van der Waals surface area contributed by atoms with Crippen LogP contribution in [-0.2, 0) is 9.59 Å². The molecule has 1 aromatic rings. The van der Waals surface area contributed by atoms with Crippen molar-refractivity contribution in [3.05, 3.63) is 40.4 Å². The van der Waals surface area contributed by atoms with Crippen molar-refractivity contribution in [2.45, 2.75) is 13.8 Å². The number of benzene rings is 1. The van der Waals surface area contributed by atoms with Crippen LogP contribution in [0.25, 0.3) is 0 Å². The fourth-order valence-corrected chi connectivity index (χ4v) is 1.81. The van der Waals surface area contributed by atoms with E-state index in [1.54, 1.807) is 25.1 Å². The van der Waals surface area contributed by atoms with Gasteiger partial charge in [-0.2, -0.15) is 0 Å². The van der Waals surface area contributed by atoms with E-state index >= 15 is 0 Å². The zero-order valence-electron chi connectivity index (χ0n) is 8.95. The number of hydrogen-bond acceptors (Lipinski definition) is 2. The maximum Gasteiger partial charge on any atom is 0.261 e. The van der Waals surface area contributed by atoms with Gasteiger partial charge in [0.05, 0.1) is 5.69 Å². The molecule has 1 aliphatic heterocycles. The van der Waals surface area contributed by atoms with Gasteiger partial charge < -0.3 is 0 Å². The summed E-state index contributed by atoms with van der Waals surface area (Å²) in [6, 6.07) is 5.14. The minimum Gasteiger partial charge on any atom is -0.269 e. The normalized spacial score (nSPS) is 15.7. The molecule has 0 bridgehead atoms. The van der Waals surface area contributed by atoms with Crippen molar-refractivity contribution in [2.24, 2.45) is 0 Å². The summed E-state index contributed by atoms with van der Waals surface area (Å²) in [7, 11) is 0. The first-order valence-electron chi connectivity index (χ1n) is 4.83. The van der Waals surface area contributed by atoms with Crippen LogP contribution in [0.15, 0.2) is 29.8 Å². The third-order valence-corrected chi connectivity index (χ3v) is 2.75. The number of imide groups is 1. The molecule has 1 aliphatic rings. The smallest absolute Gasteiger partial charge is 0.261 e. The number of halogens is 1. The van der Waals surface area contributed by atoms with Gasteiger partial charge >= 0.3 is 0 Å². The van der Waals surface area contributed by atoms with E-state index in [1.165, 1.54) is 6.08 Å². The summed E-state index contributed by atoms with van der Waals surface area (Å²) in [5, 5.41) is 0.505. The van der Waals surface area contributed by atoms with Gasteiger partial charge in [0.1, 0.15) is 0 Å². The highest BCUT2D eigenvalue weighted by molar-refractivity contribution is 6.33. The molecule has 0 saturated heterocycles. The minimum absolute atomic E-state index is 0.282. The van der Waals surface area contributed by atoms with E-state index in [0.717, 1.165) is 10.5 Å². The Labute approximate surface area is 98.3 Å². The first kappa shape index (κ1) is 10.9. The predicted molar refractivity (Wildman–Crippen MR) is 62.4 cm³/mol. The predicted octanol–water partition coefficient (Wildman–Crippen LogP) is 2.47. The third-order valence-electron chi connectivity index (χ3n) is 2.51. The Kier molecular flexibility index (Phi) is 2.56. The number of amides is 2. The summed E-state index contributed by atoms with van der Waals surface area (Å²) in [6.07, 6.45) is 1.34. The number of hydrogen-bond donors (Lipinski definition) is 0. The second-order valence-corrected chi connectivity index (χ2v) is 4.17. The number of rotatable bonds is 1. The molecule has 4 heteroatoms. The number of aryl methyl sites for hydroxylation is 1. The topological polar surface area (TPSA) is 37.4 Å². The van der Waals surface area contributed by atoms with Crippen molar-refractivity contribution in [3.8, 4) is 0 Å². The van der Waals surface area contributed by atoms with E-state index in [4.69, 9.17) is 11.6 Å². The first-order chi connectivity index (χ1) is 7.50. The molecule has 3 nitrogen and oxygen atoms in total. The summed E-state index contributed by atoms with van der Waals surface area (Å²) < 4.78 is 0. The van der Waals surface area contributed by atoms with Crippen molar-refractivity contribution in [1.82, 2.24) is 0 Å². The zero-order chi connectivity index (χ0) is 11.9. The average Bonchev–Trinajstić information content (AvgIpc) is 2.46. The standard InChI is InChI=1S/C12H10ClNO2/c1-7-3-4-9(13)6-10(7)14-11(15)5-8(2)12(14)16/h3-6H,1-2H3. The molecule has 2 amide bonds. The second kappa shape index (κ2) is 3.76. The molecular formula is C12H10ClNO2. The van der Waals surface area contributed by atoms with Crippen LogP contribution in [0.5, 0.6) is 0 Å². The fourth-order valence-electron chi connectivity index (χ4n) is 1.64. The van der Waals surface area contributed by atoms with Crippen LogP contribution in [0.3, 0.4) is 0 Å². The summed E-state index contributed by atoms with van der Waals surface area (Å²) in [5.41, 5.74) is 1.84. The Morgan fingerprint density at radius 2 is 1.88 bits per heavy atom. The molecule has 0 aromatic heterocycles. The van der Waals surface area contributed by atoms with Gasteiger partial charge in [-0.15, -0.1) is 0 Å². The number of nitrogens with zero attached hydrogens (tertiary/aromatic N) is 1. The summed E-state index contributed by atoms with van der Waals surface area (Å²) in [6.45, 7) is 3.46. The largest absolute Gasteiger partial charge is 0.269 e. The van der Waals surface area contributed by atoms with Crippen LogP contribution in [0.1, 0.15) is 12.5 Å². The van der Waals surface area contributed by atoms with E-state index in [0.29, 0.717) is 16.3 Å². The second-order valence-electron chi connectivity index (χ2n) is 3.74. The Morgan fingerprint density at radius 1 is 1.19 bits per heavy atom. The molecule has 1 heterocycles. The van der Waals surface area contributed by atoms with Gasteiger partial charge in [0.15, 0.2) is 0 Å². The molecule has 0 aliphatic carbocycles. The lowest BCUT2D eigenvalue weighted by Crippen LogP contribution is -2.31. The minimum atomic E-state index is -0.312. The molecule has 0 fully saturated rings. The van der Waals surface area contributed by atoms with E-state index in [-0.39, 0.29) is 11.8 Å². The van der Waals surface area contributed by atoms with Crippen LogP contribution >= 0.6 is 11.6 Å². The lowest BCUT2D eigenvalue weighted by Gasteiger charge is -2.17. The molecule has 82 valence electrons. The van der Waals surface area contributed by atoms with Crippen molar-refractivity contribution in [1.29, 1.82) is 0 Å². The summed E-state index contributed by atoms with van der Waals surface area (Å²) >= 11 is 5.86. The van der Waals surface area contributed by atoms with Crippen LogP contribution < -0.4 is 4.90 Å². The van der Waals surface area contributed by atoms with Gasteiger partial charge in [-0.25, -0.2) is 4.90 Å².